The molecule has 1 heterocycles. The van der Waals surface area contributed by atoms with Crippen LogP contribution in [0.2, 0.25) is 0 Å². The van der Waals surface area contributed by atoms with Gasteiger partial charge in [-0.05, 0) is 37.5 Å². The molecule has 26 heavy (non-hydrogen) atoms. The van der Waals surface area contributed by atoms with E-state index in [0.717, 1.165) is 36.8 Å². The van der Waals surface area contributed by atoms with Crippen molar-refractivity contribution in [2.24, 2.45) is 10.9 Å². The molecule has 0 bridgehead atoms. The Labute approximate surface area is 157 Å². The molecule has 1 aromatic rings. The van der Waals surface area contributed by atoms with E-state index in [1.807, 2.05) is 31.7 Å². The highest BCUT2D eigenvalue weighted by molar-refractivity contribution is 5.81. The topological polar surface area (TPSA) is 66.0 Å². The highest BCUT2D eigenvalue weighted by Gasteiger charge is 2.27. The van der Waals surface area contributed by atoms with Crippen LogP contribution >= 0.6 is 0 Å². The molecule has 1 aliphatic heterocycles. The van der Waals surface area contributed by atoms with Gasteiger partial charge in [-0.1, -0.05) is 26.0 Å². The van der Waals surface area contributed by atoms with E-state index in [2.05, 4.69) is 34.7 Å². The van der Waals surface area contributed by atoms with Crippen molar-refractivity contribution >= 4 is 11.9 Å². The number of nitrogens with one attached hydrogen (secondary N) is 2. The number of ether oxygens (including phenoxy) is 1. The Morgan fingerprint density at radius 2 is 2.19 bits per heavy atom. The summed E-state index contributed by atoms with van der Waals surface area (Å²) in [6, 6.07) is 6.45. The van der Waals surface area contributed by atoms with E-state index < -0.39 is 0 Å². The molecular weight excluding hydrogens is 328 g/mol. The highest BCUT2D eigenvalue weighted by atomic mass is 16.5. The fraction of sp³-hybridized carbons (Fsp3) is 0.600. The number of aryl methyl sites for hydroxylation is 1. The SMILES string of the molecule is CCOc1ccc(CNC(=NC)NC2CCN(C(=O)C(C)C)C2)cc1C. The lowest BCUT2D eigenvalue weighted by Gasteiger charge is -2.20. The highest BCUT2D eigenvalue weighted by Crippen LogP contribution is 2.19. The smallest absolute Gasteiger partial charge is 0.225 e. The minimum Gasteiger partial charge on any atom is -0.494 e. The number of carbonyl (C=O) groups is 1. The molecule has 6 nitrogen and oxygen atoms in total. The summed E-state index contributed by atoms with van der Waals surface area (Å²) < 4.78 is 5.58. The molecule has 1 unspecified atom stereocenters. The summed E-state index contributed by atoms with van der Waals surface area (Å²) in [6.45, 7) is 10.8. The number of nitrogens with zero attached hydrogens (tertiary/aromatic N) is 2. The van der Waals surface area contributed by atoms with E-state index in [4.69, 9.17) is 4.74 Å². The third-order valence-corrected chi connectivity index (χ3v) is 4.56. The van der Waals surface area contributed by atoms with E-state index in [0.29, 0.717) is 13.2 Å². The van der Waals surface area contributed by atoms with Crippen LogP contribution in [0.1, 0.15) is 38.3 Å². The zero-order chi connectivity index (χ0) is 19.1. The predicted molar refractivity (Wildman–Crippen MR) is 106 cm³/mol. The van der Waals surface area contributed by atoms with Crippen molar-refractivity contribution < 1.29 is 9.53 Å². The molecule has 0 radical (unpaired) electrons. The number of hydrogen-bond acceptors (Lipinski definition) is 3. The normalized spacial score (nSPS) is 17.5. The van der Waals surface area contributed by atoms with Gasteiger partial charge in [-0.25, -0.2) is 0 Å². The van der Waals surface area contributed by atoms with E-state index in [1.54, 1.807) is 7.05 Å². The van der Waals surface area contributed by atoms with Crippen LogP contribution in [-0.2, 0) is 11.3 Å². The maximum atomic E-state index is 12.1. The fourth-order valence-electron chi connectivity index (χ4n) is 3.16. The van der Waals surface area contributed by atoms with Gasteiger partial charge < -0.3 is 20.3 Å². The molecular formula is C20H32N4O2. The number of aliphatic imine (C=N–C) groups is 1. The second kappa shape index (κ2) is 9.46. The summed E-state index contributed by atoms with van der Waals surface area (Å²) in [5, 5.41) is 6.78. The first-order valence-corrected chi connectivity index (χ1v) is 9.42. The largest absolute Gasteiger partial charge is 0.494 e. The minimum absolute atomic E-state index is 0.0501. The average Bonchev–Trinajstić information content (AvgIpc) is 3.08. The maximum Gasteiger partial charge on any atom is 0.225 e. The first kappa shape index (κ1) is 20.1. The molecule has 2 N–H and O–H groups in total. The monoisotopic (exact) mass is 360 g/mol. The van der Waals surface area contributed by atoms with Crippen LogP contribution in [0.25, 0.3) is 0 Å². The molecule has 1 aliphatic rings. The van der Waals surface area contributed by atoms with Crippen molar-refractivity contribution in [1.82, 2.24) is 15.5 Å². The van der Waals surface area contributed by atoms with Crippen molar-refractivity contribution in [2.45, 2.75) is 46.7 Å². The van der Waals surface area contributed by atoms with Crippen LogP contribution in [-0.4, -0.2) is 49.6 Å². The van der Waals surface area contributed by atoms with Crippen LogP contribution in [0.5, 0.6) is 5.75 Å². The Morgan fingerprint density at radius 1 is 1.42 bits per heavy atom. The first-order chi connectivity index (χ1) is 12.4. The Bertz CT molecular complexity index is 643. The lowest BCUT2D eigenvalue weighted by atomic mass is 10.1. The molecule has 0 aromatic heterocycles. The fourth-order valence-corrected chi connectivity index (χ4v) is 3.16. The number of benzene rings is 1. The van der Waals surface area contributed by atoms with Crippen LogP contribution in [0.3, 0.4) is 0 Å². The molecule has 1 atom stereocenters. The number of hydrogen-bond donors (Lipinski definition) is 2. The van der Waals surface area contributed by atoms with Gasteiger partial charge in [0, 0.05) is 38.6 Å². The van der Waals surface area contributed by atoms with Crippen molar-refractivity contribution in [3.63, 3.8) is 0 Å². The number of rotatable bonds is 6. The summed E-state index contributed by atoms with van der Waals surface area (Å²) in [5.74, 6) is 1.97. The lowest BCUT2D eigenvalue weighted by molar-refractivity contribution is -0.133. The van der Waals surface area contributed by atoms with Gasteiger partial charge in [0.05, 0.1) is 6.61 Å². The number of carbonyl (C=O) groups excluding carboxylic acids is 1. The van der Waals surface area contributed by atoms with Crippen LogP contribution in [0.15, 0.2) is 23.2 Å². The Balaban J connectivity index is 1.85. The van der Waals surface area contributed by atoms with Gasteiger partial charge in [0.2, 0.25) is 5.91 Å². The average molecular weight is 361 g/mol. The third kappa shape index (κ3) is 5.38. The van der Waals surface area contributed by atoms with Gasteiger partial charge in [0.15, 0.2) is 5.96 Å². The summed E-state index contributed by atoms with van der Waals surface area (Å²) in [6.07, 6.45) is 0.946. The van der Waals surface area contributed by atoms with Crippen LogP contribution in [0, 0.1) is 12.8 Å². The molecule has 1 fully saturated rings. The number of likely N-dealkylation sites (tertiary alicyclic amines) is 1. The van der Waals surface area contributed by atoms with Gasteiger partial charge in [-0.3, -0.25) is 9.79 Å². The van der Waals surface area contributed by atoms with Gasteiger partial charge in [-0.2, -0.15) is 0 Å². The second-order valence-corrected chi connectivity index (χ2v) is 7.03. The van der Waals surface area contributed by atoms with Crippen molar-refractivity contribution in [1.29, 1.82) is 0 Å². The van der Waals surface area contributed by atoms with Crippen LogP contribution < -0.4 is 15.4 Å². The maximum absolute atomic E-state index is 12.1. The Hall–Kier alpha value is -2.24. The van der Waals surface area contributed by atoms with Crippen molar-refractivity contribution in [3.05, 3.63) is 29.3 Å². The van der Waals surface area contributed by atoms with Crippen molar-refractivity contribution in [2.75, 3.05) is 26.7 Å². The molecule has 1 aromatic carbocycles. The second-order valence-electron chi connectivity index (χ2n) is 7.03. The Kier molecular flexibility index (Phi) is 7.30. The molecule has 0 saturated carbocycles. The number of guanidine groups is 1. The first-order valence-electron chi connectivity index (χ1n) is 9.42. The van der Waals surface area contributed by atoms with E-state index >= 15 is 0 Å². The van der Waals surface area contributed by atoms with E-state index in [9.17, 15) is 4.79 Å². The number of amides is 1. The molecule has 1 amide bonds. The van der Waals surface area contributed by atoms with Gasteiger partial charge in [0.1, 0.15) is 5.75 Å². The van der Waals surface area contributed by atoms with Crippen LogP contribution in [0.4, 0.5) is 0 Å². The molecule has 1 saturated heterocycles. The zero-order valence-corrected chi connectivity index (χ0v) is 16.6. The quantitative estimate of drug-likeness (QED) is 0.604. The summed E-state index contributed by atoms with van der Waals surface area (Å²) >= 11 is 0. The van der Waals surface area contributed by atoms with E-state index in [1.165, 1.54) is 5.56 Å². The van der Waals surface area contributed by atoms with Crippen molar-refractivity contribution in [3.8, 4) is 5.75 Å². The van der Waals surface area contributed by atoms with Gasteiger partial charge in [0.25, 0.3) is 0 Å². The predicted octanol–water partition coefficient (Wildman–Crippen LogP) is 2.32. The third-order valence-electron chi connectivity index (χ3n) is 4.56. The molecule has 0 aliphatic carbocycles. The molecule has 6 heteroatoms. The summed E-state index contributed by atoms with van der Waals surface area (Å²) in [5.41, 5.74) is 2.31. The van der Waals surface area contributed by atoms with Gasteiger partial charge in [-0.15, -0.1) is 0 Å². The molecule has 0 spiro atoms. The standard InChI is InChI=1S/C20H32N4O2/c1-6-26-18-8-7-16(11-15(18)4)12-22-20(21-5)23-17-9-10-24(13-17)19(25)14(2)3/h7-8,11,14,17H,6,9-10,12-13H2,1-5H3,(H2,21,22,23). The Morgan fingerprint density at radius 3 is 2.81 bits per heavy atom. The summed E-state index contributed by atoms with van der Waals surface area (Å²) in [7, 11) is 1.77. The molecule has 2 rings (SSSR count). The lowest BCUT2D eigenvalue weighted by Crippen LogP contribution is -2.45. The van der Waals surface area contributed by atoms with E-state index in [-0.39, 0.29) is 17.9 Å². The molecule has 144 valence electrons. The zero-order valence-electron chi connectivity index (χ0n) is 16.6. The van der Waals surface area contributed by atoms with Gasteiger partial charge >= 0.3 is 0 Å². The minimum atomic E-state index is 0.0501. The summed E-state index contributed by atoms with van der Waals surface area (Å²) in [4.78, 5) is 18.3.